The molecule has 18 heteroatoms. The lowest BCUT2D eigenvalue weighted by molar-refractivity contribution is -0.138. The van der Waals surface area contributed by atoms with Crippen LogP contribution in [0.1, 0.15) is 47.3 Å². The minimum Gasteiger partial charge on any atom is -0.438 e. The average Bonchev–Trinajstić information content (AvgIpc) is 4.01. The van der Waals surface area contributed by atoms with Crippen molar-refractivity contribution in [3.63, 3.8) is 0 Å². The van der Waals surface area contributed by atoms with Gasteiger partial charge in [-0.2, -0.15) is 36.5 Å². The van der Waals surface area contributed by atoms with Gasteiger partial charge in [-0.25, -0.2) is 0 Å². The second-order valence-corrected chi connectivity index (χ2v) is 12.6. The number of pyridine rings is 2. The van der Waals surface area contributed by atoms with Crippen LogP contribution in [0.2, 0.25) is 0 Å². The van der Waals surface area contributed by atoms with Crippen LogP contribution in [0, 0.1) is 0 Å². The van der Waals surface area contributed by atoms with Crippen LogP contribution in [0.4, 0.5) is 26.3 Å². The van der Waals surface area contributed by atoms with E-state index < -0.39 is 35.7 Å². The average molecular weight is 777 g/mol. The molecule has 4 aromatic heterocycles. The van der Waals surface area contributed by atoms with Crippen molar-refractivity contribution in [1.29, 1.82) is 0 Å². The van der Waals surface area contributed by atoms with Gasteiger partial charge < -0.3 is 19.1 Å². The molecule has 0 N–H and O–H groups in total. The lowest BCUT2D eigenvalue weighted by Crippen LogP contribution is -2.08. The number of aryl methyl sites for hydroxylation is 2. The van der Waals surface area contributed by atoms with Gasteiger partial charge in [-0.1, -0.05) is 34.6 Å². The van der Waals surface area contributed by atoms with E-state index in [2.05, 4.69) is 30.5 Å². The van der Waals surface area contributed by atoms with Crippen LogP contribution in [0.15, 0.2) is 120 Å². The topological polar surface area (TPSA) is 123 Å². The first-order valence-electron chi connectivity index (χ1n) is 16.8. The molecule has 0 amide bonds. The number of halogens is 6. The molecule has 2 aliphatic rings. The highest BCUT2D eigenvalue weighted by Gasteiger charge is 2.33. The zero-order chi connectivity index (χ0) is 39.5. The van der Waals surface area contributed by atoms with Crippen molar-refractivity contribution < 1.29 is 45.5 Å². The van der Waals surface area contributed by atoms with E-state index in [1.54, 1.807) is 58.4 Å². The fourth-order valence-electron chi connectivity index (χ4n) is 5.56. The number of oxime groups is 2. The van der Waals surface area contributed by atoms with Gasteiger partial charge in [-0.3, -0.25) is 19.3 Å². The minimum atomic E-state index is -4.37. The molecule has 2 aliphatic heterocycles. The summed E-state index contributed by atoms with van der Waals surface area (Å²) in [6.07, 6.45) is 1.19. The van der Waals surface area contributed by atoms with Crippen LogP contribution in [-0.4, -0.2) is 41.3 Å². The third-order valence-electron chi connectivity index (χ3n) is 8.45. The Balaban J connectivity index is 0.000000172. The third-order valence-corrected chi connectivity index (χ3v) is 8.45. The molecule has 0 bridgehead atoms. The van der Waals surface area contributed by atoms with Crippen LogP contribution in [-0.2, 0) is 36.1 Å². The summed E-state index contributed by atoms with van der Waals surface area (Å²) in [5.41, 5.74) is 3.08. The summed E-state index contributed by atoms with van der Waals surface area (Å²) < 4.78 is 90.6. The summed E-state index contributed by atoms with van der Waals surface area (Å²) in [5, 5.41) is 16.0. The number of alkyl halides is 6. The largest absolute Gasteiger partial charge is 0.438 e. The van der Waals surface area contributed by atoms with Crippen LogP contribution >= 0.6 is 0 Å². The molecular formula is C38H30F6N8O4. The van der Waals surface area contributed by atoms with E-state index in [4.69, 9.17) is 19.1 Å². The monoisotopic (exact) mass is 776 g/mol. The quantitative estimate of drug-likeness (QED) is 0.154. The van der Waals surface area contributed by atoms with Gasteiger partial charge in [0.15, 0.2) is 12.2 Å². The summed E-state index contributed by atoms with van der Waals surface area (Å²) in [4.78, 5) is 19.3. The van der Waals surface area contributed by atoms with E-state index in [0.717, 1.165) is 46.8 Å². The van der Waals surface area contributed by atoms with Crippen LogP contribution < -0.4 is 9.47 Å². The summed E-state index contributed by atoms with van der Waals surface area (Å²) in [6.45, 7) is 0. The lowest BCUT2D eigenvalue weighted by Gasteiger charge is -2.11. The normalized spacial score (nSPS) is 16.6. The Morgan fingerprint density at radius 2 is 0.946 bits per heavy atom. The fourth-order valence-corrected chi connectivity index (χ4v) is 5.56. The minimum absolute atomic E-state index is 0.315. The molecule has 0 saturated heterocycles. The molecule has 0 radical (unpaired) electrons. The molecule has 6 heterocycles. The molecule has 56 heavy (non-hydrogen) atoms. The number of rotatable bonds is 6. The van der Waals surface area contributed by atoms with Crippen molar-refractivity contribution in [3.05, 3.63) is 132 Å². The van der Waals surface area contributed by atoms with Crippen LogP contribution in [0.3, 0.4) is 0 Å². The van der Waals surface area contributed by atoms with Gasteiger partial charge in [-0.05, 0) is 59.7 Å². The van der Waals surface area contributed by atoms with Crippen molar-refractivity contribution in [2.24, 2.45) is 24.4 Å². The van der Waals surface area contributed by atoms with E-state index in [-0.39, 0.29) is 0 Å². The summed E-state index contributed by atoms with van der Waals surface area (Å²) in [7, 11) is 3.65. The first-order valence-corrected chi connectivity index (χ1v) is 16.8. The van der Waals surface area contributed by atoms with Crippen molar-refractivity contribution in [1.82, 2.24) is 29.5 Å². The zero-order valence-corrected chi connectivity index (χ0v) is 29.4. The predicted molar refractivity (Wildman–Crippen MR) is 189 cm³/mol. The summed E-state index contributed by atoms with van der Waals surface area (Å²) >= 11 is 0. The van der Waals surface area contributed by atoms with Crippen molar-refractivity contribution in [3.8, 4) is 34.0 Å². The molecule has 12 nitrogen and oxygen atoms in total. The van der Waals surface area contributed by atoms with E-state index in [1.165, 1.54) is 24.3 Å². The molecule has 6 aromatic rings. The molecule has 2 atom stereocenters. The highest BCUT2D eigenvalue weighted by Crippen LogP contribution is 2.35. The second kappa shape index (κ2) is 15.6. The molecule has 0 spiro atoms. The Labute approximate surface area is 314 Å². The predicted octanol–water partition coefficient (Wildman–Crippen LogP) is 8.71. The lowest BCUT2D eigenvalue weighted by atomic mass is 10.0. The van der Waals surface area contributed by atoms with Crippen molar-refractivity contribution >= 4 is 11.8 Å². The van der Waals surface area contributed by atoms with E-state index in [9.17, 15) is 26.3 Å². The molecule has 0 fully saturated rings. The standard InChI is InChI=1S/2C19H15F3N4O2/c2*1-26-11-13(9-24-26)16-7-6-15(10-23-16)27-18-8-17(28-25-18)12-2-4-14(5-3-12)19(20,21)22/h2*2-7,9-11,17H,8H2,1H3/t2*17-/m10/s1. The van der Waals surface area contributed by atoms with Crippen LogP contribution in [0.25, 0.3) is 22.5 Å². The number of hydrogen-bond acceptors (Lipinski definition) is 10. The number of benzene rings is 2. The molecule has 8 rings (SSSR count). The van der Waals surface area contributed by atoms with Crippen molar-refractivity contribution in [2.45, 2.75) is 37.4 Å². The van der Waals surface area contributed by atoms with Gasteiger partial charge in [0, 0.05) is 37.6 Å². The van der Waals surface area contributed by atoms with E-state index in [0.29, 0.717) is 47.3 Å². The van der Waals surface area contributed by atoms with Gasteiger partial charge in [-0.15, -0.1) is 0 Å². The van der Waals surface area contributed by atoms with Crippen LogP contribution in [0.5, 0.6) is 11.5 Å². The Hall–Kier alpha value is -6.72. The fraction of sp³-hybridized carbons (Fsp3) is 0.211. The first kappa shape index (κ1) is 37.6. The van der Waals surface area contributed by atoms with E-state index >= 15 is 0 Å². The summed E-state index contributed by atoms with van der Waals surface area (Å²) in [5.74, 6) is 1.65. The van der Waals surface area contributed by atoms with Gasteiger partial charge in [0.1, 0.15) is 11.5 Å². The number of hydrogen-bond donors (Lipinski definition) is 0. The molecule has 288 valence electrons. The summed E-state index contributed by atoms with van der Waals surface area (Å²) in [6, 6.07) is 16.8. The number of aromatic nitrogens is 6. The maximum atomic E-state index is 12.7. The van der Waals surface area contributed by atoms with E-state index in [1.807, 2.05) is 26.5 Å². The van der Waals surface area contributed by atoms with Gasteiger partial charge in [0.05, 0.1) is 60.1 Å². The van der Waals surface area contributed by atoms with Crippen molar-refractivity contribution in [2.75, 3.05) is 0 Å². The number of ether oxygens (including phenoxy) is 2. The SMILES string of the molecule is Cn1cc(-c2ccc(OC3=NO[C@@H](c4ccc(C(F)(F)F)cc4)C3)cn2)cn1.Cn1cc(-c2ccc(OC3=NO[C@H](c4ccc(C(F)(F)F)cc4)C3)cn2)cn1. The van der Waals surface area contributed by atoms with Gasteiger partial charge in [0.2, 0.25) is 11.8 Å². The maximum Gasteiger partial charge on any atom is 0.416 e. The molecule has 0 aliphatic carbocycles. The second-order valence-electron chi connectivity index (χ2n) is 12.6. The zero-order valence-electron chi connectivity index (χ0n) is 29.4. The highest BCUT2D eigenvalue weighted by atomic mass is 19.4. The van der Waals surface area contributed by atoms with Gasteiger partial charge in [0.25, 0.3) is 0 Å². The number of nitrogens with zero attached hydrogens (tertiary/aromatic N) is 8. The molecule has 2 aromatic carbocycles. The smallest absolute Gasteiger partial charge is 0.416 e. The molecular weight excluding hydrogens is 746 g/mol. The Bertz CT molecular complexity index is 2160. The Morgan fingerprint density at radius 3 is 1.25 bits per heavy atom. The highest BCUT2D eigenvalue weighted by molar-refractivity contribution is 5.80. The third kappa shape index (κ3) is 9.14. The van der Waals surface area contributed by atoms with Gasteiger partial charge >= 0.3 is 12.4 Å². The molecule has 0 unspecified atom stereocenters. The Kier molecular flexibility index (Phi) is 10.4. The maximum absolute atomic E-state index is 12.7. The first-order chi connectivity index (χ1) is 26.8. The molecule has 0 saturated carbocycles. The Morgan fingerprint density at radius 1 is 0.554 bits per heavy atom.